The SMILES string of the molecule is CC(C)CN(CCC#N)C(=O)CC(C)C1CCCNC1. The second-order valence-corrected chi connectivity index (χ2v) is 6.43. The predicted molar refractivity (Wildman–Crippen MR) is 81.0 cm³/mol. The summed E-state index contributed by atoms with van der Waals surface area (Å²) in [7, 11) is 0. The predicted octanol–water partition coefficient (Wildman–Crippen LogP) is 2.41. The van der Waals surface area contributed by atoms with E-state index >= 15 is 0 Å². The average Bonchev–Trinajstić information content (AvgIpc) is 2.43. The van der Waals surface area contributed by atoms with Crippen molar-refractivity contribution in [3.8, 4) is 6.07 Å². The fraction of sp³-hybridized carbons (Fsp3) is 0.875. The number of amides is 1. The maximum Gasteiger partial charge on any atom is 0.222 e. The lowest BCUT2D eigenvalue weighted by molar-refractivity contribution is -0.133. The molecule has 114 valence electrons. The molecule has 0 spiro atoms. The molecule has 0 aromatic heterocycles. The van der Waals surface area contributed by atoms with E-state index in [1.807, 2.05) is 4.90 Å². The zero-order valence-corrected chi connectivity index (χ0v) is 13.2. The first-order chi connectivity index (χ1) is 9.54. The molecule has 1 aliphatic rings. The highest BCUT2D eigenvalue weighted by molar-refractivity contribution is 5.76. The van der Waals surface area contributed by atoms with Crippen LogP contribution in [0.25, 0.3) is 0 Å². The smallest absolute Gasteiger partial charge is 0.222 e. The summed E-state index contributed by atoms with van der Waals surface area (Å²) < 4.78 is 0. The molecule has 1 saturated heterocycles. The molecule has 1 amide bonds. The Morgan fingerprint density at radius 2 is 2.20 bits per heavy atom. The van der Waals surface area contributed by atoms with Crippen LogP contribution >= 0.6 is 0 Å². The van der Waals surface area contributed by atoms with E-state index in [1.165, 1.54) is 12.8 Å². The van der Waals surface area contributed by atoms with Crippen molar-refractivity contribution in [1.82, 2.24) is 10.2 Å². The first-order valence-electron chi connectivity index (χ1n) is 7.90. The molecule has 1 aliphatic heterocycles. The Morgan fingerprint density at radius 3 is 2.75 bits per heavy atom. The van der Waals surface area contributed by atoms with Crippen LogP contribution in [0.3, 0.4) is 0 Å². The van der Waals surface area contributed by atoms with Gasteiger partial charge < -0.3 is 10.2 Å². The van der Waals surface area contributed by atoms with Crippen LogP contribution in [0.1, 0.15) is 46.5 Å². The summed E-state index contributed by atoms with van der Waals surface area (Å²) in [5.74, 6) is 1.70. The maximum absolute atomic E-state index is 12.4. The van der Waals surface area contributed by atoms with Gasteiger partial charge in [0, 0.05) is 19.5 Å². The van der Waals surface area contributed by atoms with Crippen molar-refractivity contribution in [1.29, 1.82) is 5.26 Å². The van der Waals surface area contributed by atoms with Crippen molar-refractivity contribution in [2.45, 2.75) is 46.5 Å². The van der Waals surface area contributed by atoms with Gasteiger partial charge >= 0.3 is 0 Å². The number of carbonyl (C=O) groups is 1. The summed E-state index contributed by atoms with van der Waals surface area (Å²) >= 11 is 0. The number of nitriles is 1. The van der Waals surface area contributed by atoms with Gasteiger partial charge in [0.25, 0.3) is 0 Å². The van der Waals surface area contributed by atoms with Gasteiger partial charge in [-0.2, -0.15) is 5.26 Å². The Balaban J connectivity index is 2.48. The van der Waals surface area contributed by atoms with Crippen LogP contribution < -0.4 is 5.32 Å². The molecule has 0 aromatic rings. The van der Waals surface area contributed by atoms with Crippen LogP contribution in [-0.2, 0) is 4.79 Å². The van der Waals surface area contributed by atoms with E-state index in [9.17, 15) is 4.79 Å². The Morgan fingerprint density at radius 1 is 1.45 bits per heavy atom. The van der Waals surface area contributed by atoms with Gasteiger partial charge in [-0.15, -0.1) is 0 Å². The summed E-state index contributed by atoms with van der Waals surface area (Å²) in [5.41, 5.74) is 0. The second kappa shape index (κ2) is 8.97. The molecule has 20 heavy (non-hydrogen) atoms. The molecule has 0 radical (unpaired) electrons. The molecule has 1 heterocycles. The number of nitrogens with one attached hydrogen (secondary N) is 1. The first-order valence-corrected chi connectivity index (χ1v) is 7.90. The molecule has 4 nitrogen and oxygen atoms in total. The van der Waals surface area contributed by atoms with Crippen molar-refractivity contribution in [3.05, 3.63) is 0 Å². The van der Waals surface area contributed by atoms with E-state index in [2.05, 4.69) is 32.2 Å². The average molecular weight is 279 g/mol. The summed E-state index contributed by atoms with van der Waals surface area (Å²) in [5, 5.41) is 12.1. The Labute approximate surface area is 123 Å². The Hall–Kier alpha value is -1.08. The van der Waals surface area contributed by atoms with Crippen molar-refractivity contribution in [2.75, 3.05) is 26.2 Å². The normalized spacial score (nSPS) is 20.4. The third kappa shape index (κ3) is 5.92. The van der Waals surface area contributed by atoms with Gasteiger partial charge in [0.15, 0.2) is 0 Å². The van der Waals surface area contributed by atoms with Crippen LogP contribution in [0.5, 0.6) is 0 Å². The van der Waals surface area contributed by atoms with Gasteiger partial charge in [0.2, 0.25) is 5.91 Å². The van der Waals surface area contributed by atoms with E-state index < -0.39 is 0 Å². The van der Waals surface area contributed by atoms with Crippen LogP contribution in [0, 0.1) is 29.1 Å². The molecule has 0 aliphatic carbocycles. The molecule has 1 N–H and O–H groups in total. The van der Waals surface area contributed by atoms with E-state index in [0.29, 0.717) is 37.1 Å². The molecule has 0 bridgehead atoms. The van der Waals surface area contributed by atoms with Gasteiger partial charge in [-0.3, -0.25) is 4.79 Å². The monoisotopic (exact) mass is 279 g/mol. The number of hydrogen-bond donors (Lipinski definition) is 1. The van der Waals surface area contributed by atoms with E-state index in [-0.39, 0.29) is 5.91 Å². The highest BCUT2D eigenvalue weighted by Crippen LogP contribution is 2.23. The van der Waals surface area contributed by atoms with Crippen molar-refractivity contribution in [2.24, 2.45) is 17.8 Å². The molecule has 1 rings (SSSR count). The molecule has 0 saturated carbocycles. The van der Waals surface area contributed by atoms with Crippen LogP contribution in [0.15, 0.2) is 0 Å². The van der Waals surface area contributed by atoms with E-state index in [0.717, 1.165) is 19.6 Å². The molecule has 2 atom stereocenters. The largest absolute Gasteiger partial charge is 0.341 e. The summed E-state index contributed by atoms with van der Waals surface area (Å²) in [6, 6.07) is 2.14. The van der Waals surface area contributed by atoms with Crippen LogP contribution in [0.2, 0.25) is 0 Å². The summed E-state index contributed by atoms with van der Waals surface area (Å²) in [4.78, 5) is 14.3. The highest BCUT2D eigenvalue weighted by atomic mass is 16.2. The van der Waals surface area contributed by atoms with Crippen molar-refractivity contribution >= 4 is 5.91 Å². The maximum atomic E-state index is 12.4. The Kier molecular flexibility index (Phi) is 7.61. The molecule has 2 unspecified atom stereocenters. The zero-order valence-electron chi connectivity index (χ0n) is 13.2. The fourth-order valence-corrected chi connectivity index (χ4v) is 2.88. The molecule has 4 heteroatoms. The highest BCUT2D eigenvalue weighted by Gasteiger charge is 2.24. The number of rotatable bonds is 7. The zero-order chi connectivity index (χ0) is 15.0. The lowest BCUT2D eigenvalue weighted by Crippen LogP contribution is -2.39. The molecular weight excluding hydrogens is 250 g/mol. The van der Waals surface area contributed by atoms with E-state index in [4.69, 9.17) is 5.26 Å². The minimum Gasteiger partial charge on any atom is -0.341 e. The second-order valence-electron chi connectivity index (χ2n) is 6.43. The molecular formula is C16H29N3O. The Bertz CT molecular complexity index is 329. The van der Waals surface area contributed by atoms with Gasteiger partial charge in [-0.05, 0) is 43.7 Å². The lowest BCUT2D eigenvalue weighted by Gasteiger charge is -2.30. The molecule has 0 aromatic carbocycles. The summed E-state index contributed by atoms with van der Waals surface area (Å²) in [6.07, 6.45) is 3.49. The summed E-state index contributed by atoms with van der Waals surface area (Å²) in [6.45, 7) is 9.89. The number of nitrogens with zero attached hydrogens (tertiary/aromatic N) is 2. The standard InChI is InChI=1S/C16H29N3O/c1-13(2)12-19(9-5-7-17)16(20)10-14(3)15-6-4-8-18-11-15/h13-15,18H,4-6,8-12H2,1-3H3. The number of hydrogen-bond acceptors (Lipinski definition) is 3. The molecule has 1 fully saturated rings. The van der Waals surface area contributed by atoms with Crippen molar-refractivity contribution in [3.63, 3.8) is 0 Å². The lowest BCUT2D eigenvalue weighted by atomic mass is 9.85. The number of piperidine rings is 1. The third-order valence-corrected chi connectivity index (χ3v) is 4.07. The van der Waals surface area contributed by atoms with Gasteiger partial charge in [0.1, 0.15) is 0 Å². The van der Waals surface area contributed by atoms with Crippen LogP contribution in [0.4, 0.5) is 0 Å². The van der Waals surface area contributed by atoms with Crippen LogP contribution in [-0.4, -0.2) is 37.0 Å². The first kappa shape index (κ1) is 17.0. The van der Waals surface area contributed by atoms with E-state index in [1.54, 1.807) is 0 Å². The van der Waals surface area contributed by atoms with Gasteiger partial charge in [-0.1, -0.05) is 20.8 Å². The fourth-order valence-electron chi connectivity index (χ4n) is 2.88. The number of carbonyl (C=O) groups excluding carboxylic acids is 1. The minimum atomic E-state index is 0.215. The quantitative estimate of drug-likeness (QED) is 0.778. The van der Waals surface area contributed by atoms with Crippen molar-refractivity contribution < 1.29 is 4.79 Å². The van der Waals surface area contributed by atoms with Gasteiger partial charge in [0.05, 0.1) is 12.5 Å². The minimum absolute atomic E-state index is 0.215. The van der Waals surface area contributed by atoms with Gasteiger partial charge in [-0.25, -0.2) is 0 Å². The topological polar surface area (TPSA) is 56.1 Å². The third-order valence-electron chi connectivity index (χ3n) is 4.07.